The number of rotatable bonds is 1. The zero-order valence-electron chi connectivity index (χ0n) is 15.9. The molecule has 1 heterocycles. The maximum absolute atomic E-state index is 10.3. The second kappa shape index (κ2) is 5.82. The van der Waals surface area contributed by atoms with Crippen molar-refractivity contribution in [3.05, 3.63) is 35.1 Å². The fourth-order valence-corrected chi connectivity index (χ4v) is 7.91. The fraction of sp³-hybridized carbons (Fsp3) is 0.696. The van der Waals surface area contributed by atoms with Crippen molar-refractivity contribution in [1.29, 1.82) is 0 Å². The molecule has 0 saturated heterocycles. The Morgan fingerprint density at radius 3 is 2.81 bits per heavy atom. The summed E-state index contributed by atoms with van der Waals surface area (Å²) in [6.07, 6.45) is 14.6. The van der Waals surface area contributed by atoms with E-state index in [2.05, 4.69) is 31.0 Å². The molecule has 4 aliphatic rings. The van der Waals surface area contributed by atoms with Crippen LogP contribution in [0.2, 0.25) is 5.02 Å². The highest BCUT2D eigenvalue weighted by Crippen LogP contribution is 2.68. The molecule has 140 valence electrons. The van der Waals surface area contributed by atoms with Gasteiger partial charge in [-0.15, -0.1) is 0 Å². The second-order valence-electron chi connectivity index (χ2n) is 9.95. The van der Waals surface area contributed by atoms with Gasteiger partial charge in [0.15, 0.2) is 0 Å². The van der Waals surface area contributed by atoms with Crippen molar-refractivity contribution in [2.45, 2.75) is 64.9 Å². The molecule has 0 radical (unpaired) electrons. The fourth-order valence-electron chi connectivity index (χ4n) is 7.73. The zero-order chi connectivity index (χ0) is 18.1. The van der Waals surface area contributed by atoms with Crippen molar-refractivity contribution >= 4 is 17.2 Å². The first-order valence-corrected chi connectivity index (χ1v) is 10.8. The van der Waals surface area contributed by atoms with E-state index in [0.717, 1.165) is 41.5 Å². The topological polar surface area (TPSA) is 33.1 Å². The predicted octanol–water partition coefficient (Wildman–Crippen LogP) is 5.74. The Bertz CT molecular complexity index is 760. The van der Waals surface area contributed by atoms with E-state index in [1.54, 1.807) is 6.20 Å². The van der Waals surface area contributed by atoms with Crippen molar-refractivity contribution < 1.29 is 5.11 Å². The molecule has 0 amide bonds. The average Bonchev–Trinajstić information content (AvgIpc) is 3.10. The summed E-state index contributed by atoms with van der Waals surface area (Å²) in [6, 6.07) is 2.09. The molecule has 0 spiro atoms. The first-order valence-electron chi connectivity index (χ1n) is 10.4. The standard InChI is InChI=1S/C23H30ClNO/c1-22-8-7-21-18(4-3-15-10-17(26)11-23(15,21)2)20(22)6-5-19(22)14-9-16(24)13-25-12-14/h5,9,12-13,15,17-18,20-21,26H,3-4,6-8,10-11H2,1-2H3/t15?,17?,18-,20-,21-,22+,23-/m0/s1. The van der Waals surface area contributed by atoms with Crippen LogP contribution in [-0.4, -0.2) is 16.2 Å². The monoisotopic (exact) mass is 371 g/mol. The van der Waals surface area contributed by atoms with Gasteiger partial charge in [-0.1, -0.05) is 31.5 Å². The van der Waals surface area contributed by atoms with Crippen LogP contribution in [0.1, 0.15) is 64.4 Å². The van der Waals surface area contributed by atoms with E-state index in [9.17, 15) is 5.11 Å². The molecule has 2 nitrogen and oxygen atoms in total. The van der Waals surface area contributed by atoms with Crippen molar-refractivity contribution in [3.63, 3.8) is 0 Å². The lowest BCUT2D eigenvalue weighted by Gasteiger charge is -2.57. The smallest absolute Gasteiger partial charge is 0.0595 e. The number of aromatic nitrogens is 1. The lowest BCUT2D eigenvalue weighted by Crippen LogP contribution is -2.49. The van der Waals surface area contributed by atoms with Crippen molar-refractivity contribution in [1.82, 2.24) is 4.98 Å². The van der Waals surface area contributed by atoms with Gasteiger partial charge in [0.05, 0.1) is 11.1 Å². The first-order chi connectivity index (χ1) is 12.4. The Hall–Kier alpha value is -0.860. The third-order valence-electron chi connectivity index (χ3n) is 8.89. The van der Waals surface area contributed by atoms with Crippen LogP contribution < -0.4 is 0 Å². The zero-order valence-corrected chi connectivity index (χ0v) is 16.7. The minimum Gasteiger partial charge on any atom is -0.393 e. The SMILES string of the molecule is C[C@]12CC(O)CC1CC[C@@H]1[C@@H]2CC[C@]2(C)C(c3cncc(Cl)c3)=CC[C@@H]12. The number of allylic oxidation sites excluding steroid dienone is 2. The quantitative estimate of drug-likeness (QED) is 0.682. The molecule has 0 aromatic carbocycles. The molecule has 1 N–H and O–H groups in total. The molecule has 7 atom stereocenters. The van der Waals surface area contributed by atoms with Crippen LogP contribution in [0.15, 0.2) is 24.5 Å². The van der Waals surface area contributed by atoms with Gasteiger partial charge in [-0.25, -0.2) is 0 Å². The van der Waals surface area contributed by atoms with Gasteiger partial charge in [0, 0.05) is 12.4 Å². The van der Waals surface area contributed by atoms with Crippen LogP contribution in [-0.2, 0) is 0 Å². The van der Waals surface area contributed by atoms with Crippen LogP contribution in [0, 0.1) is 34.5 Å². The predicted molar refractivity (Wildman–Crippen MR) is 106 cm³/mol. The van der Waals surface area contributed by atoms with E-state index < -0.39 is 0 Å². The summed E-state index contributed by atoms with van der Waals surface area (Å²) in [5, 5.41) is 11.1. The lowest BCUT2D eigenvalue weighted by atomic mass is 9.47. The van der Waals surface area contributed by atoms with Crippen LogP contribution >= 0.6 is 11.6 Å². The Morgan fingerprint density at radius 1 is 1.15 bits per heavy atom. The number of hydrogen-bond acceptors (Lipinski definition) is 2. The molecular weight excluding hydrogens is 342 g/mol. The molecule has 3 heteroatoms. The maximum atomic E-state index is 10.3. The molecule has 4 aliphatic carbocycles. The van der Waals surface area contributed by atoms with Gasteiger partial charge in [0.1, 0.15) is 0 Å². The van der Waals surface area contributed by atoms with Crippen LogP contribution in [0.25, 0.3) is 5.57 Å². The first kappa shape index (κ1) is 17.3. The number of hydrogen-bond donors (Lipinski definition) is 1. The molecule has 5 rings (SSSR count). The Labute approximate surface area is 162 Å². The van der Waals surface area contributed by atoms with Gasteiger partial charge in [0.25, 0.3) is 0 Å². The maximum Gasteiger partial charge on any atom is 0.0595 e. The van der Waals surface area contributed by atoms with E-state index in [1.165, 1.54) is 43.2 Å². The van der Waals surface area contributed by atoms with Crippen LogP contribution in [0.4, 0.5) is 0 Å². The normalized spacial score (nSPS) is 47.1. The Kier molecular flexibility index (Phi) is 3.86. The molecule has 26 heavy (non-hydrogen) atoms. The van der Waals surface area contributed by atoms with E-state index in [-0.39, 0.29) is 11.5 Å². The minimum absolute atomic E-state index is 0.0631. The van der Waals surface area contributed by atoms with Gasteiger partial charge in [0.2, 0.25) is 0 Å². The highest BCUT2D eigenvalue weighted by molar-refractivity contribution is 6.30. The average molecular weight is 372 g/mol. The molecule has 3 saturated carbocycles. The van der Waals surface area contributed by atoms with Crippen molar-refractivity contribution in [3.8, 4) is 0 Å². The number of nitrogens with zero attached hydrogens (tertiary/aromatic N) is 1. The number of fused-ring (bicyclic) bond motifs is 5. The van der Waals surface area contributed by atoms with E-state index in [0.29, 0.717) is 5.41 Å². The summed E-state index contributed by atoms with van der Waals surface area (Å²) in [7, 11) is 0. The largest absolute Gasteiger partial charge is 0.393 e. The molecule has 1 aromatic heterocycles. The van der Waals surface area contributed by atoms with Gasteiger partial charge in [-0.3, -0.25) is 4.98 Å². The summed E-state index contributed by atoms with van der Waals surface area (Å²) >= 11 is 6.23. The van der Waals surface area contributed by atoms with Gasteiger partial charge >= 0.3 is 0 Å². The molecule has 0 bridgehead atoms. The molecule has 0 aliphatic heterocycles. The number of halogens is 1. The number of aliphatic hydroxyl groups excluding tert-OH is 1. The molecule has 3 fully saturated rings. The highest BCUT2D eigenvalue weighted by Gasteiger charge is 2.59. The summed E-state index contributed by atoms with van der Waals surface area (Å²) < 4.78 is 0. The third kappa shape index (κ3) is 2.31. The van der Waals surface area contributed by atoms with E-state index >= 15 is 0 Å². The minimum atomic E-state index is -0.0631. The Balaban J connectivity index is 1.46. The van der Waals surface area contributed by atoms with Crippen molar-refractivity contribution in [2.24, 2.45) is 34.5 Å². The van der Waals surface area contributed by atoms with Gasteiger partial charge in [-0.2, -0.15) is 0 Å². The van der Waals surface area contributed by atoms with E-state index in [4.69, 9.17) is 11.6 Å². The number of aliphatic hydroxyl groups is 1. The highest BCUT2D eigenvalue weighted by atomic mass is 35.5. The lowest BCUT2D eigenvalue weighted by molar-refractivity contribution is -0.0657. The van der Waals surface area contributed by atoms with Gasteiger partial charge < -0.3 is 5.11 Å². The summed E-state index contributed by atoms with van der Waals surface area (Å²) in [5.41, 5.74) is 3.32. The van der Waals surface area contributed by atoms with Crippen molar-refractivity contribution in [2.75, 3.05) is 0 Å². The van der Waals surface area contributed by atoms with Crippen LogP contribution in [0.3, 0.4) is 0 Å². The van der Waals surface area contributed by atoms with E-state index in [1.807, 2.05) is 6.20 Å². The summed E-state index contributed by atoms with van der Waals surface area (Å²) in [5.74, 6) is 3.09. The molecular formula is C23H30ClNO. The van der Waals surface area contributed by atoms with Gasteiger partial charge in [-0.05, 0) is 96.7 Å². The third-order valence-corrected chi connectivity index (χ3v) is 9.10. The van der Waals surface area contributed by atoms with Crippen LogP contribution in [0.5, 0.6) is 0 Å². The summed E-state index contributed by atoms with van der Waals surface area (Å²) in [4.78, 5) is 4.34. The molecule has 2 unspecified atom stereocenters. The summed E-state index contributed by atoms with van der Waals surface area (Å²) in [6.45, 7) is 4.99. The Morgan fingerprint density at radius 2 is 2.00 bits per heavy atom. The second-order valence-corrected chi connectivity index (χ2v) is 10.4. The molecule has 1 aromatic rings. The number of pyridine rings is 1.